The first-order valence-electron chi connectivity index (χ1n) is 3.96. The molecule has 0 bridgehead atoms. The second-order valence-electron chi connectivity index (χ2n) is 3.52. The molecule has 0 aliphatic heterocycles. The van der Waals surface area contributed by atoms with E-state index < -0.39 is 0 Å². The van der Waals surface area contributed by atoms with E-state index in [0.29, 0.717) is 11.5 Å². The van der Waals surface area contributed by atoms with Gasteiger partial charge in [-0.05, 0) is 19.3 Å². The number of ether oxygens (including phenoxy) is 1. The van der Waals surface area contributed by atoms with Crippen LogP contribution in [0, 0.1) is 5.41 Å². The number of alkyl halides is 1. The van der Waals surface area contributed by atoms with Crippen LogP contribution in [0.1, 0.15) is 25.7 Å². The van der Waals surface area contributed by atoms with Gasteiger partial charge in [-0.3, -0.25) is 0 Å². The molecular formula is C8H13BrO. The van der Waals surface area contributed by atoms with E-state index in [0.717, 1.165) is 4.83 Å². The summed E-state index contributed by atoms with van der Waals surface area (Å²) in [4.78, 5) is 0.757. The Balaban J connectivity index is 2.08. The van der Waals surface area contributed by atoms with Crippen LogP contribution in [0.3, 0.4) is 0 Å². The molecule has 0 N–H and O–H groups in total. The first-order valence-corrected chi connectivity index (χ1v) is 4.88. The molecule has 2 saturated carbocycles. The molecule has 0 saturated heterocycles. The molecular weight excluding hydrogens is 192 g/mol. The molecule has 0 aromatic carbocycles. The van der Waals surface area contributed by atoms with Crippen molar-refractivity contribution in [2.75, 3.05) is 7.11 Å². The van der Waals surface area contributed by atoms with Crippen molar-refractivity contribution in [2.45, 2.75) is 36.6 Å². The quantitative estimate of drug-likeness (QED) is 0.597. The van der Waals surface area contributed by atoms with Crippen LogP contribution in [0.5, 0.6) is 0 Å². The monoisotopic (exact) mass is 204 g/mol. The van der Waals surface area contributed by atoms with E-state index >= 15 is 0 Å². The van der Waals surface area contributed by atoms with Gasteiger partial charge in [0.1, 0.15) is 0 Å². The summed E-state index contributed by atoms with van der Waals surface area (Å²) in [5, 5.41) is 0. The van der Waals surface area contributed by atoms with Crippen molar-refractivity contribution in [1.29, 1.82) is 0 Å². The minimum absolute atomic E-state index is 0.553. The lowest BCUT2D eigenvalue weighted by Gasteiger charge is -2.16. The van der Waals surface area contributed by atoms with E-state index in [1.165, 1.54) is 25.7 Å². The predicted molar refractivity (Wildman–Crippen MR) is 44.4 cm³/mol. The summed E-state index contributed by atoms with van der Waals surface area (Å²) in [5.74, 6) is 0. The van der Waals surface area contributed by atoms with E-state index in [1.807, 2.05) is 7.11 Å². The molecule has 2 rings (SSSR count). The zero-order valence-corrected chi connectivity index (χ0v) is 7.86. The van der Waals surface area contributed by atoms with Crippen LogP contribution in [0.4, 0.5) is 0 Å². The molecule has 3 unspecified atom stereocenters. The zero-order chi connectivity index (χ0) is 7.19. The minimum atomic E-state index is 0.553. The van der Waals surface area contributed by atoms with Gasteiger partial charge in [-0.15, -0.1) is 0 Å². The van der Waals surface area contributed by atoms with Crippen molar-refractivity contribution in [3.8, 4) is 0 Å². The Morgan fingerprint density at radius 2 is 2.30 bits per heavy atom. The van der Waals surface area contributed by atoms with E-state index in [9.17, 15) is 0 Å². The Hall–Kier alpha value is 0.440. The van der Waals surface area contributed by atoms with Crippen LogP contribution < -0.4 is 0 Å². The highest BCUT2D eigenvalue weighted by molar-refractivity contribution is 9.09. The summed E-state index contributed by atoms with van der Waals surface area (Å²) in [6.45, 7) is 0. The highest BCUT2D eigenvalue weighted by atomic mass is 79.9. The van der Waals surface area contributed by atoms with Gasteiger partial charge in [0, 0.05) is 17.4 Å². The van der Waals surface area contributed by atoms with Gasteiger partial charge < -0.3 is 4.74 Å². The Labute approximate surface area is 70.3 Å². The highest BCUT2D eigenvalue weighted by Gasteiger charge is 2.60. The Morgan fingerprint density at radius 3 is 2.70 bits per heavy atom. The summed E-state index contributed by atoms with van der Waals surface area (Å²) in [5.41, 5.74) is 0.564. The lowest BCUT2D eigenvalue weighted by atomic mass is 10.0. The maximum atomic E-state index is 5.43. The van der Waals surface area contributed by atoms with Gasteiger partial charge in [0.2, 0.25) is 0 Å². The van der Waals surface area contributed by atoms with Crippen molar-refractivity contribution in [2.24, 2.45) is 5.41 Å². The number of hydrogen-bond donors (Lipinski definition) is 0. The van der Waals surface area contributed by atoms with Crippen LogP contribution in [-0.4, -0.2) is 18.0 Å². The first kappa shape index (κ1) is 7.11. The molecule has 0 heterocycles. The molecule has 10 heavy (non-hydrogen) atoms. The normalized spacial score (nSPS) is 52.2. The summed E-state index contributed by atoms with van der Waals surface area (Å²) >= 11 is 3.67. The van der Waals surface area contributed by atoms with Crippen molar-refractivity contribution in [3.63, 3.8) is 0 Å². The number of hydrogen-bond acceptors (Lipinski definition) is 1. The lowest BCUT2D eigenvalue weighted by Crippen LogP contribution is -2.19. The fraction of sp³-hybridized carbons (Fsp3) is 1.00. The highest BCUT2D eigenvalue weighted by Crippen LogP contribution is 2.62. The fourth-order valence-electron chi connectivity index (χ4n) is 2.28. The van der Waals surface area contributed by atoms with Crippen molar-refractivity contribution in [1.82, 2.24) is 0 Å². The third-order valence-corrected chi connectivity index (χ3v) is 4.29. The standard InChI is InChI=1S/C8H13BrO/c1-10-7-3-2-4-8(7)5-6(8)9/h6-7H,2-5H2,1H3. The van der Waals surface area contributed by atoms with E-state index in [1.54, 1.807) is 0 Å². The van der Waals surface area contributed by atoms with Gasteiger partial charge in [-0.1, -0.05) is 22.4 Å². The number of rotatable bonds is 1. The average Bonchev–Trinajstić information content (AvgIpc) is 2.45. The largest absolute Gasteiger partial charge is 0.381 e. The maximum Gasteiger partial charge on any atom is 0.0638 e. The predicted octanol–water partition coefficient (Wildman–Crippen LogP) is 2.34. The molecule has 2 aliphatic rings. The van der Waals surface area contributed by atoms with Crippen LogP contribution in [0.15, 0.2) is 0 Å². The SMILES string of the molecule is COC1CCCC12CC2Br. The Kier molecular flexibility index (Phi) is 1.57. The second-order valence-corrected chi connectivity index (χ2v) is 4.63. The Bertz CT molecular complexity index is 148. The molecule has 1 nitrogen and oxygen atoms in total. The maximum absolute atomic E-state index is 5.43. The molecule has 2 fully saturated rings. The van der Waals surface area contributed by atoms with Crippen molar-refractivity contribution >= 4 is 15.9 Å². The van der Waals surface area contributed by atoms with Crippen LogP contribution >= 0.6 is 15.9 Å². The molecule has 0 aromatic rings. The van der Waals surface area contributed by atoms with Crippen molar-refractivity contribution < 1.29 is 4.74 Å². The smallest absolute Gasteiger partial charge is 0.0638 e. The van der Waals surface area contributed by atoms with Gasteiger partial charge in [0.05, 0.1) is 6.10 Å². The molecule has 3 atom stereocenters. The summed E-state index contributed by atoms with van der Waals surface area (Å²) in [6.07, 6.45) is 5.91. The third kappa shape index (κ3) is 0.782. The van der Waals surface area contributed by atoms with Crippen molar-refractivity contribution in [3.05, 3.63) is 0 Å². The molecule has 2 aliphatic carbocycles. The van der Waals surface area contributed by atoms with Gasteiger partial charge in [-0.2, -0.15) is 0 Å². The van der Waals surface area contributed by atoms with E-state index in [4.69, 9.17) is 4.74 Å². The minimum Gasteiger partial charge on any atom is -0.381 e. The summed E-state index contributed by atoms with van der Waals surface area (Å²) in [7, 11) is 1.84. The van der Waals surface area contributed by atoms with Crippen LogP contribution in [0.25, 0.3) is 0 Å². The summed E-state index contributed by atoms with van der Waals surface area (Å²) in [6, 6.07) is 0. The molecule has 0 amide bonds. The van der Waals surface area contributed by atoms with Gasteiger partial charge >= 0.3 is 0 Å². The Morgan fingerprint density at radius 1 is 1.60 bits per heavy atom. The molecule has 58 valence electrons. The molecule has 2 heteroatoms. The molecule has 1 spiro atoms. The number of halogens is 1. The zero-order valence-electron chi connectivity index (χ0n) is 6.27. The topological polar surface area (TPSA) is 9.23 Å². The van der Waals surface area contributed by atoms with Gasteiger partial charge in [0.15, 0.2) is 0 Å². The number of methoxy groups -OCH3 is 1. The third-order valence-electron chi connectivity index (χ3n) is 3.06. The molecule has 0 radical (unpaired) electrons. The van der Waals surface area contributed by atoms with Gasteiger partial charge in [-0.25, -0.2) is 0 Å². The average molecular weight is 205 g/mol. The second kappa shape index (κ2) is 2.21. The van der Waals surface area contributed by atoms with Gasteiger partial charge in [0.25, 0.3) is 0 Å². The molecule has 0 aromatic heterocycles. The van der Waals surface area contributed by atoms with E-state index in [2.05, 4.69) is 15.9 Å². The first-order chi connectivity index (χ1) is 4.79. The fourth-order valence-corrected chi connectivity index (χ4v) is 3.41. The summed E-state index contributed by atoms with van der Waals surface area (Å²) < 4.78 is 5.43. The van der Waals surface area contributed by atoms with E-state index in [-0.39, 0.29) is 0 Å². The lowest BCUT2D eigenvalue weighted by molar-refractivity contribution is 0.0618. The van der Waals surface area contributed by atoms with Crippen LogP contribution in [-0.2, 0) is 4.74 Å². The van der Waals surface area contributed by atoms with Crippen LogP contribution in [0.2, 0.25) is 0 Å².